The highest BCUT2D eigenvalue weighted by atomic mass is 16.6. The van der Waals surface area contributed by atoms with E-state index in [0.717, 1.165) is 25.7 Å². The molecule has 6 nitrogen and oxygen atoms in total. The number of hydrogen-bond donors (Lipinski definition) is 2. The highest BCUT2D eigenvalue weighted by molar-refractivity contribution is 5.85. The quantitative estimate of drug-likeness (QED) is 0.593. The summed E-state index contributed by atoms with van der Waals surface area (Å²) in [4.78, 5) is 27.5. The highest BCUT2D eigenvalue weighted by Gasteiger charge is 2.36. The van der Waals surface area contributed by atoms with Crippen LogP contribution in [0.15, 0.2) is 0 Å². The van der Waals surface area contributed by atoms with Gasteiger partial charge in [-0.1, -0.05) is 33.1 Å². The predicted octanol–water partition coefficient (Wildman–Crippen LogP) is 4.89. The van der Waals surface area contributed by atoms with Gasteiger partial charge in [0.15, 0.2) is 0 Å². The van der Waals surface area contributed by atoms with Crippen molar-refractivity contribution in [3.8, 4) is 0 Å². The summed E-state index contributed by atoms with van der Waals surface area (Å²) in [6.45, 7) is 10.6. The van der Waals surface area contributed by atoms with Crippen molar-refractivity contribution in [3.63, 3.8) is 0 Å². The molecule has 31 heavy (non-hydrogen) atoms. The van der Waals surface area contributed by atoms with Crippen molar-refractivity contribution in [1.82, 2.24) is 10.2 Å². The van der Waals surface area contributed by atoms with Crippen molar-refractivity contribution < 1.29 is 19.4 Å². The van der Waals surface area contributed by atoms with Gasteiger partial charge < -0.3 is 15.2 Å². The fourth-order valence-corrected chi connectivity index (χ4v) is 5.06. The zero-order chi connectivity index (χ0) is 23.2. The Hall–Kier alpha value is -1.30. The average molecular weight is 439 g/mol. The van der Waals surface area contributed by atoms with Crippen LogP contribution in [0.3, 0.4) is 0 Å². The van der Waals surface area contributed by atoms with Gasteiger partial charge in [0.2, 0.25) is 5.91 Å². The molecule has 0 radical (unpaired) electrons. The molecule has 2 aliphatic rings. The summed E-state index contributed by atoms with van der Waals surface area (Å²) in [6.07, 6.45) is 9.56. The van der Waals surface area contributed by atoms with Gasteiger partial charge in [0, 0.05) is 13.6 Å². The maximum atomic E-state index is 13.3. The van der Waals surface area contributed by atoms with Gasteiger partial charge >= 0.3 is 6.09 Å². The molecule has 2 rings (SSSR count). The normalized spacial score (nSPS) is 24.4. The minimum Gasteiger partial charge on any atom is -0.444 e. The lowest BCUT2D eigenvalue weighted by Gasteiger charge is -2.38. The van der Waals surface area contributed by atoms with E-state index in [2.05, 4.69) is 19.2 Å². The van der Waals surface area contributed by atoms with Crippen LogP contribution in [0.5, 0.6) is 0 Å². The third-order valence-electron chi connectivity index (χ3n) is 7.25. The third-order valence-corrected chi connectivity index (χ3v) is 7.25. The average Bonchev–Trinajstić information content (AvgIpc) is 2.70. The second-order valence-corrected chi connectivity index (χ2v) is 11.6. The fraction of sp³-hybridized carbons (Fsp3) is 0.920. The monoisotopic (exact) mass is 438 g/mol. The van der Waals surface area contributed by atoms with E-state index in [4.69, 9.17) is 4.74 Å². The number of carbonyl (C=O) groups excluding carboxylic acids is 2. The lowest BCUT2D eigenvalue weighted by atomic mass is 9.71. The van der Waals surface area contributed by atoms with Crippen LogP contribution >= 0.6 is 0 Å². The van der Waals surface area contributed by atoms with Crippen molar-refractivity contribution >= 4 is 12.0 Å². The van der Waals surface area contributed by atoms with Crippen molar-refractivity contribution in [2.24, 2.45) is 17.3 Å². The summed E-state index contributed by atoms with van der Waals surface area (Å²) in [5, 5.41) is 13.0. The Labute approximate surface area is 189 Å². The summed E-state index contributed by atoms with van der Waals surface area (Å²) in [6, 6.07) is -0.558. The van der Waals surface area contributed by atoms with Crippen LogP contribution in [0.2, 0.25) is 0 Å². The smallest absolute Gasteiger partial charge is 0.410 e. The van der Waals surface area contributed by atoms with E-state index in [1.54, 1.807) is 7.05 Å². The summed E-state index contributed by atoms with van der Waals surface area (Å²) in [7, 11) is 1.67. The number of nitrogens with zero attached hydrogens (tertiary/aromatic N) is 1. The second-order valence-electron chi connectivity index (χ2n) is 11.6. The first-order valence-electron chi connectivity index (χ1n) is 12.3. The van der Waals surface area contributed by atoms with E-state index < -0.39 is 17.7 Å². The number of nitrogens with one attached hydrogen (secondary N) is 1. The minimum absolute atomic E-state index is 0.0417. The predicted molar refractivity (Wildman–Crippen MR) is 124 cm³/mol. The molecule has 2 amide bonds. The molecule has 0 aromatic carbocycles. The Balaban J connectivity index is 2.04. The standard InChI is InChI=1S/C25H46N2O4/c1-24(2,3)31-23(30)27(6)21(16-18-12-14-20(28)15-13-18)22(29)26-17-25(4,5)19-10-8-7-9-11-19/h18-21,28H,7-17H2,1-6H3,(H,26,29). The zero-order valence-corrected chi connectivity index (χ0v) is 20.7. The van der Waals surface area contributed by atoms with Gasteiger partial charge in [0.05, 0.1) is 6.10 Å². The summed E-state index contributed by atoms with van der Waals surface area (Å²) < 4.78 is 5.54. The maximum absolute atomic E-state index is 13.3. The molecule has 0 bridgehead atoms. The Morgan fingerprint density at radius 3 is 2.13 bits per heavy atom. The molecule has 6 heteroatoms. The Bertz CT molecular complexity index is 585. The van der Waals surface area contributed by atoms with Gasteiger partial charge in [-0.3, -0.25) is 9.69 Å². The van der Waals surface area contributed by atoms with Crippen molar-refractivity contribution in [1.29, 1.82) is 0 Å². The van der Waals surface area contributed by atoms with Crippen LogP contribution in [0.4, 0.5) is 4.79 Å². The first kappa shape index (κ1) is 26.0. The molecule has 0 aromatic heterocycles. The number of likely N-dealkylation sites (N-methyl/N-ethyl adjacent to an activating group) is 1. The number of aliphatic hydroxyl groups is 1. The van der Waals surface area contributed by atoms with Crippen molar-refractivity contribution in [3.05, 3.63) is 0 Å². The maximum Gasteiger partial charge on any atom is 0.410 e. The third kappa shape index (κ3) is 8.28. The molecule has 0 saturated heterocycles. The highest BCUT2D eigenvalue weighted by Crippen LogP contribution is 2.38. The minimum atomic E-state index is -0.607. The zero-order valence-electron chi connectivity index (χ0n) is 20.7. The summed E-state index contributed by atoms with van der Waals surface area (Å²) in [5.41, 5.74) is -0.565. The lowest BCUT2D eigenvalue weighted by molar-refractivity contribution is -0.127. The van der Waals surface area contributed by atoms with Gasteiger partial charge in [-0.15, -0.1) is 0 Å². The molecule has 1 unspecified atom stereocenters. The molecule has 2 aliphatic carbocycles. The van der Waals surface area contributed by atoms with Gasteiger partial charge in [0.25, 0.3) is 0 Å². The van der Waals surface area contributed by atoms with Crippen LogP contribution in [0.1, 0.15) is 98.8 Å². The SMILES string of the molecule is CN(C(=O)OC(C)(C)C)C(CC1CCC(O)CC1)C(=O)NCC(C)(C)C1CCCCC1. The molecular formula is C25H46N2O4. The summed E-state index contributed by atoms with van der Waals surface area (Å²) in [5.74, 6) is 0.863. The van der Waals surface area contributed by atoms with Crippen LogP contribution in [-0.2, 0) is 9.53 Å². The number of rotatable bonds is 7. The van der Waals surface area contributed by atoms with Crippen LogP contribution in [0, 0.1) is 17.3 Å². The molecule has 2 fully saturated rings. The second kappa shape index (κ2) is 11.0. The molecule has 2 N–H and O–H groups in total. The van der Waals surface area contributed by atoms with E-state index in [9.17, 15) is 14.7 Å². The Morgan fingerprint density at radius 1 is 1.00 bits per heavy atom. The largest absolute Gasteiger partial charge is 0.444 e. The summed E-state index contributed by atoms with van der Waals surface area (Å²) >= 11 is 0. The molecule has 2 saturated carbocycles. The van der Waals surface area contributed by atoms with E-state index in [1.807, 2.05) is 20.8 Å². The van der Waals surface area contributed by atoms with E-state index in [1.165, 1.54) is 37.0 Å². The van der Waals surface area contributed by atoms with E-state index in [-0.39, 0.29) is 17.4 Å². The Morgan fingerprint density at radius 2 is 1.58 bits per heavy atom. The number of hydrogen-bond acceptors (Lipinski definition) is 4. The van der Waals surface area contributed by atoms with Crippen molar-refractivity contribution in [2.75, 3.05) is 13.6 Å². The Kier molecular flexibility index (Phi) is 9.23. The van der Waals surface area contributed by atoms with Crippen LogP contribution < -0.4 is 5.32 Å². The first-order valence-corrected chi connectivity index (χ1v) is 12.3. The van der Waals surface area contributed by atoms with Gasteiger partial charge in [0.1, 0.15) is 11.6 Å². The van der Waals surface area contributed by atoms with Gasteiger partial charge in [-0.25, -0.2) is 4.79 Å². The number of aliphatic hydroxyl groups excluding tert-OH is 1. The number of amides is 2. The van der Waals surface area contributed by atoms with Crippen LogP contribution in [0.25, 0.3) is 0 Å². The molecular weight excluding hydrogens is 392 g/mol. The molecule has 0 spiro atoms. The van der Waals surface area contributed by atoms with Gasteiger partial charge in [-0.05, 0) is 83.0 Å². The van der Waals surface area contributed by atoms with E-state index in [0.29, 0.717) is 24.8 Å². The molecule has 0 heterocycles. The van der Waals surface area contributed by atoms with Gasteiger partial charge in [-0.2, -0.15) is 0 Å². The molecule has 1 atom stereocenters. The lowest BCUT2D eigenvalue weighted by Crippen LogP contribution is -2.52. The van der Waals surface area contributed by atoms with E-state index >= 15 is 0 Å². The number of carbonyl (C=O) groups is 2. The molecule has 0 aliphatic heterocycles. The molecule has 0 aromatic rings. The molecule has 180 valence electrons. The van der Waals surface area contributed by atoms with Crippen LogP contribution in [-0.4, -0.2) is 53.3 Å². The first-order chi connectivity index (χ1) is 14.4. The van der Waals surface area contributed by atoms with Crippen molar-refractivity contribution in [2.45, 2.75) is 117 Å². The fourth-order valence-electron chi connectivity index (χ4n) is 5.06. The topological polar surface area (TPSA) is 78.9 Å². The number of ether oxygens (including phenoxy) is 1.